The second-order valence-electron chi connectivity index (χ2n) is 8.64. The number of nitrogens with zero attached hydrogens (tertiary/aromatic N) is 4. The Hall–Kier alpha value is -1.63. The molecule has 6 nitrogen and oxygen atoms in total. The molecule has 6 heteroatoms. The van der Waals surface area contributed by atoms with E-state index in [0.717, 1.165) is 32.1 Å². The second-order valence-corrected chi connectivity index (χ2v) is 8.64. The highest BCUT2D eigenvalue weighted by molar-refractivity contribution is 5.79. The van der Waals surface area contributed by atoms with Gasteiger partial charge in [-0.15, -0.1) is 0 Å². The summed E-state index contributed by atoms with van der Waals surface area (Å²) >= 11 is 0. The van der Waals surface area contributed by atoms with E-state index < -0.39 is 0 Å². The fraction of sp³-hybridized carbons (Fsp3) is 0.708. The molecule has 0 spiro atoms. The van der Waals surface area contributed by atoms with Crippen molar-refractivity contribution in [3.8, 4) is 0 Å². The third kappa shape index (κ3) is 8.62. The molecule has 2 N–H and O–H groups in total. The number of hydrogen-bond donors (Lipinski definition) is 2. The molecule has 0 saturated carbocycles. The largest absolute Gasteiger partial charge is 0.356 e. The monoisotopic (exact) mass is 414 g/mol. The van der Waals surface area contributed by atoms with Gasteiger partial charge in [0.25, 0.3) is 0 Å². The van der Waals surface area contributed by atoms with Gasteiger partial charge in [-0.1, -0.05) is 36.8 Å². The number of rotatable bonds is 10. The molecule has 2 heterocycles. The molecule has 2 fully saturated rings. The highest BCUT2D eigenvalue weighted by Gasteiger charge is 2.16. The summed E-state index contributed by atoms with van der Waals surface area (Å²) in [5.74, 6) is 0.946. The predicted octanol–water partition coefficient (Wildman–Crippen LogP) is 2.24. The number of benzene rings is 1. The van der Waals surface area contributed by atoms with Crippen LogP contribution in [0.3, 0.4) is 0 Å². The van der Waals surface area contributed by atoms with Gasteiger partial charge in [0.15, 0.2) is 5.96 Å². The smallest absolute Gasteiger partial charge is 0.191 e. The zero-order valence-corrected chi connectivity index (χ0v) is 19.0. The van der Waals surface area contributed by atoms with Gasteiger partial charge in [0.2, 0.25) is 0 Å². The number of likely N-dealkylation sites (tertiary alicyclic amines) is 1. The molecule has 2 aliphatic heterocycles. The fourth-order valence-electron chi connectivity index (χ4n) is 4.42. The van der Waals surface area contributed by atoms with Crippen LogP contribution in [0.5, 0.6) is 0 Å². The molecule has 0 aromatic heterocycles. The van der Waals surface area contributed by atoms with Crippen LogP contribution in [0.4, 0.5) is 0 Å². The van der Waals surface area contributed by atoms with Crippen LogP contribution in [0.25, 0.3) is 0 Å². The van der Waals surface area contributed by atoms with Gasteiger partial charge >= 0.3 is 0 Å². The lowest BCUT2D eigenvalue weighted by atomic mass is 10.1. The van der Waals surface area contributed by atoms with Crippen LogP contribution in [0.15, 0.2) is 35.3 Å². The normalized spacial score (nSPS) is 19.7. The van der Waals surface area contributed by atoms with Gasteiger partial charge in [-0.25, -0.2) is 0 Å². The minimum atomic E-state index is 0.946. The van der Waals surface area contributed by atoms with Crippen LogP contribution >= 0.6 is 0 Å². The molecular formula is C24H42N6. The standard InChI is InChI=1S/C24H42N6/c1-25-24(27-13-17-28-14-7-3-8-15-28)26-12-6-9-16-29-18-20-30(21-19-29)22-23-10-4-2-5-11-23/h2,4-5,10-11H,3,6-9,12-22H2,1H3,(H2,25,26,27). The second kappa shape index (κ2) is 13.6. The Balaban J connectivity index is 1.19. The van der Waals surface area contributed by atoms with Gasteiger partial charge in [-0.2, -0.15) is 0 Å². The topological polar surface area (TPSA) is 46.1 Å². The summed E-state index contributed by atoms with van der Waals surface area (Å²) < 4.78 is 0. The van der Waals surface area contributed by atoms with Crippen LogP contribution in [-0.4, -0.2) is 93.2 Å². The zero-order valence-electron chi connectivity index (χ0n) is 19.0. The van der Waals surface area contributed by atoms with E-state index in [2.05, 4.69) is 60.7 Å². The van der Waals surface area contributed by atoms with Crippen molar-refractivity contribution in [2.75, 3.05) is 72.5 Å². The van der Waals surface area contributed by atoms with E-state index in [0.29, 0.717) is 0 Å². The summed E-state index contributed by atoms with van der Waals surface area (Å²) in [5.41, 5.74) is 1.43. The van der Waals surface area contributed by atoms with Crippen molar-refractivity contribution in [3.05, 3.63) is 35.9 Å². The third-order valence-electron chi connectivity index (χ3n) is 6.30. The molecule has 1 aromatic rings. The van der Waals surface area contributed by atoms with Crippen molar-refractivity contribution >= 4 is 5.96 Å². The summed E-state index contributed by atoms with van der Waals surface area (Å²) in [6.45, 7) is 12.7. The Kier molecular flexibility index (Phi) is 10.5. The van der Waals surface area contributed by atoms with Crippen LogP contribution in [0.1, 0.15) is 37.7 Å². The number of nitrogens with one attached hydrogen (secondary N) is 2. The average molecular weight is 415 g/mol. The minimum absolute atomic E-state index is 0.946. The van der Waals surface area contributed by atoms with Crippen molar-refractivity contribution in [3.63, 3.8) is 0 Å². The Labute approximate surface area is 183 Å². The fourth-order valence-corrected chi connectivity index (χ4v) is 4.42. The lowest BCUT2D eigenvalue weighted by Crippen LogP contribution is -2.46. The number of aliphatic imine (C=N–C) groups is 1. The summed E-state index contributed by atoms with van der Waals surface area (Å²) in [7, 11) is 1.87. The molecule has 0 radical (unpaired) electrons. The highest BCUT2D eigenvalue weighted by Crippen LogP contribution is 2.09. The number of piperidine rings is 1. The lowest BCUT2D eigenvalue weighted by Gasteiger charge is -2.34. The molecule has 1 aromatic carbocycles. The number of hydrogen-bond acceptors (Lipinski definition) is 4. The van der Waals surface area contributed by atoms with E-state index in [1.807, 2.05) is 7.05 Å². The number of unbranched alkanes of at least 4 members (excludes halogenated alkanes) is 1. The quantitative estimate of drug-likeness (QED) is 0.349. The van der Waals surface area contributed by atoms with Gasteiger partial charge in [0.1, 0.15) is 0 Å². The van der Waals surface area contributed by atoms with Crippen molar-refractivity contribution in [1.82, 2.24) is 25.3 Å². The Morgan fingerprint density at radius 3 is 2.17 bits per heavy atom. The maximum absolute atomic E-state index is 4.36. The van der Waals surface area contributed by atoms with Crippen LogP contribution in [0, 0.1) is 0 Å². The summed E-state index contributed by atoms with van der Waals surface area (Å²) in [4.78, 5) is 12.1. The van der Waals surface area contributed by atoms with Gasteiger partial charge in [-0.05, 0) is 50.9 Å². The zero-order chi connectivity index (χ0) is 20.9. The van der Waals surface area contributed by atoms with E-state index in [9.17, 15) is 0 Å². The van der Waals surface area contributed by atoms with E-state index in [1.165, 1.54) is 83.5 Å². The first-order chi connectivity index (χ1) is 14.8. The first-order valence-corrected chi connectivity index (χ1v) is 12.0. The summed E-state index contributed by atoms with van der Waals surface area (Å²) in [5, 5.41) is 6.94. The van der Waals surface area contributed by atoms with Crippen LogP contribution in [0.2, 0.25) is 0 Å². The average Bonchev–Trinajstić information content (AvgIpc) is 2.80. The molecule has 2 aliphatic rings. The molecule has 168 valence electrons. The van der Waals surface area contributed by atoms with Gasteiger partial charge < -0.3 is 20.4 Å². The molecule has 0 atom stereocenters. The van der Waals surface area contributed by atoms with Crippen molar-refractivity contribution in [1.29, 1.82) is 0 Å². The van der Waals surface area contributed by atoms with Crippen LogP contribution < -0.4 is 10.6 Å². The summed E-state index contributed by atoms with van der Waals surface area (Å²) in [6.07, 6.45) is 6.55. The van der Waals surface area contributed by atoms with E-state index >= 15 is 0 Å². The number of guanidine groups is 1. The van der Waals surface area contributed by atoms with Gasteiger partial charge in [0.05, 0.1) is 0 Å². The third-order valence-corrected chi connectivity index (χ3v) is 6.30. The SMILES string of the molecule is CN=C(NCCCCN1CCN(Cc2ccccc2)CC1)NCCN1CCCCC1. The first-order valence-electron chi connectivity index (χ1n) is 12.0. The predicted molar refractivity (Wildman–Crippen MR) is 127 cm³/mol. The van der Waals surface area contributed by atoms with Crippen LogP contribution in [-0.2, 0) is 6.54 Å². The van der Waals surface area contributed by atoms with E-state index in [4.69, 9.17) is 0 Å². The molecule has 0 unspecified atom stereocenters. The van der Waals surface area contributed by atoms with Crippen molar-refractivity contribution in [2.45, 2.75) is 38.6 Å². The lowest BCUT2D eigenvalue weighted by molar-refractivity contribution is 0.126. The van der Waals surface area contributed by atoms with Crippen molar-refractivity contribution in [2.24, 2.45) is 4.99 Å². The number of piperazine rings is 1. The highest BCUT2D eigenvalue weighted by atomic mass is 15.3. The Morgan fingerprint density at radius 2 is 1.43 bits per heavy atom. The Bertz CT molecular complexity index is 591. The van der Waals surface area contributed by atoms with Gasteiger partial charge in [0, 0.05) is 59.4 Å². The Morgan fingerprint density at radius 1 is 0.767 bits per heavy atom. The minimum Gasteiger partial charge on any atom is -0.356 e. The summed E-state index contributed by atoms with van der Waals surface area (Å²) in [6, 6.07) is 10.8. The van der Waals surface area contributed by atoms with E-state index in [-0.39, 0.29) is 0 Å². The molecular weight excluding hydrogens is 372 g/mol. The molecule has 0 bridgehead atoms. The molecule has 0 aliphatic carbocycles. The molecule has 2 saturated heterocycles. The van der Waals surface area contributed by atoms with Gasteiger partial charge in [-0.3, -0.25) is 9.89 Å². The first kappa shape index (κ1) is 23.0. The molecule has 0 amide bonds. The van der Waals surface area contributed by atoms with E-state index in [1.54, 1.807) is 0 Å². The maximum atomic E-state index is 4.36. The molecule has 3 rings (SSSR count). The molecule has 30 heavy (non-hydrogen) atoms. The van der Waals surface area contributed by atoms with Crippen molar-refractivity contribution < 1.29 is 0 Å². The maximum Gasteiger partial charge on any atom is 0.191 e.